The maximum atomic E-state index is 11.6. The highest BCUT2D eigenvalue weighted by atomic mass is 127. The number of hydrogen-bond donors (Lipinski definition) is 3. The number of ether oxygens (including phenoxy) is 1. The molecule has 0 aliphatic heterocycles. The van der Waals surface area contributed by atoms with E-state index in [-0.39, 0.29) is 29.9 Å². The molecule has 1 aliphatic carbocycles. The third-order valence-electron chi connectivity index (χ3n) is 4.22. The van der Waals surface area contributed by atoms with E-state index >= 15 is 0 Å². The fourth-order valence-corrected chi connectivity index (χ4v) is 2.55. The van der Waals surface area contributed by atoms with E-state index in [9.17, 15) is 4.79 Å². The maximum absolute atomic E-state index is 11.6. The number of nitrogens with one attached hydrogen (secondary N) is 3. The summed E-state index contributed by atoms with van der Waals surface area (Å²) in [5.41, 5.74) is 2.37. The molecule has 1 aromatic rings. The Labute approximate surface area is 173 Å². The van der Waals surface area contributed by atoms with Gasteiger partial charge < -0.3 is 20.7 Å². The average molecular weight is 474 g/mol. The molecule has 0 radical (unpaired) electrons. The first kappa shape index (κ1) is 22.5. The van der Waals surface area contributed by atoms with Crippen LogP contribution in [0.3, 0.4) is 0 Å². The lowest BCUT2D eigenvalue weighted by Gasteiger charge is -2.12. The van der Waals surface area contributed by atoms with Crippen LogP contribution in [0.25, 0.3) is 0 Å². The lowest BCUT2D eigenvalue weighted by Crippen LogP contribution is -2.39. The number of rotatable bonds is 9. The molecule has 1 aromatic carbocycles. The van der Waals surface area contributed by atoms with Gasteiger partial charge in [-0.15, -0.1) is 24.0 Å². The van der Waals surface area contributed by atoms with Gasteiger partial charge in [-0.3, -0.25) is 9.79 Å². The zero-order valence-corrected chi connectivity index (χ0v) is 18.3. The van der Waals surface area contributed by atoms with E-state index in [4.69, 9.17) is 4.74 Å². The van der Waals surface area contributed by atoms with Gasteiger partial charge in [0.25, 0.3) is 0 Å². The zero-order chi connectivity index (χ0) is 18.1. The predicted molar refractivity (Wildman–Crippen MR) is 117 cm³/mol. The highest BCUT2D eigenvalue weighted by molar-refractivity contribution is 14.0. The lowest BCUT2D eigenvalue weighted by molar-refractivity contribution is -0.121. The SMILES string of the molecule is CN=C(NCCCC(=O)NC1CC1)NCCc1ccc(C)c(OC)c1.I. The molecule has 0 unspecified atom stereocenters. The summed E-state index contributed by atoms with van der Waals surface area (Å²) in [5.74, 6) is 1.84. The number of hydrogen-bond acceptors (Lipinski definition) is 3. The van der Waals surface area contributed by atoms with Gasteiger partial charge in [0.05, 0.1) is 7.11 Å². The zero-order valence-electron chi connectivity index (χ0n) is 15.9. The van der Waals surface area contributed by atoms with Crippen LogP contribution in [0, 0.1) is 6.92 Å². The minimum Gasteiger partial charge on any atom is -0.496 e. The van der Waals surface area contributed by atoms with Gasteiger partial charge in [0, 0.05) is 32.6 Å². The van der Waals surface area contributed by atoms with E-state index in [1.165, 1.54) is 5.56 Å². The second-order valence-electron chi connectivity index (χ2n) is 6.43. The fourth-order valence-electron chi connectivity index (χ4n) is 2.55. The minimum absolute atomic E-state index is 0. The molecule has 0 saturated heterocycles. The third-order valence-corrected chi connectivity index (χ3v) is 4.22. The van der Waals surface area contributed by atoms with Crippen molar-refractivity contribution in [3.8, 4) is 5.75 Å². The highest BCUT2D eigenvalue weighted by Gasteiger charge is 2.22. The Morgan fingerprint density at radius 2 is 2.00 bits per heavy atom. The summed E-state index contributed by atoms with van der Waals surface area (Å²) in [6, 6.07) is 6.71. The number of guanidine groups is 1. The van der Waals surface area contributed by atoms with E-state index in [0.29, 0.717) is 12.5 Å². The van der Waals surface area contributed by atoms with Crippen molar-refractivity contribution in [2.45, 2.75) is 45.1 Å². The Morgan fingerprint density at radius 3 is 2.65 bits per heavy atom. The molecule has 26 heavy (non-hydrogen) atoms. The highest BCUT2D eigenvalue weighted by Crippen LogP contribution is 2.19. The molecular weight excluding hydrogens is 443 g/mol. The normalized spacial score (nSPS) is 13.6. The largest absolute Gasteiger partial charge is 0.496 e. The van der Waals surface area contributed by atoms with Gasteiger partial charge in [-0.05, 0) is 49.8 Å². The van der Waals surface area contributed by atoms with Crippen molar-refractivity contribution in [3.05, 3.63) is 29.3 Å². The number of nitrogens with zero attached hydrogens (tertiary/aromatic N) is 1. The summed E-state index contributed by atoms with van der Waals surface area (Å²) in [4.78, 5) is 15.8. The predicted octanol–water partition coefficient (Wildman–Crippen LogP) is 2.39. The van der Waals surface area contributed by atoms with Crippen LogP contribution in [0.15, 0.2) is 23.2 Å². The van der Waals surface area contributed by atoms with Gasteiger partial charge in [-0.1, -0.05) is 12.1 Å². The summed E-state index contributed by atoms with van der Waals surface area (Å²) in [7, 11) is 3.45. The molecular formula is C19H31IN4O2. The molecule has 0 aromatic heterocycles. The van der Waals surface area contributed by atoms with Crippen molar-refractivity contribution in [3.63, 3.8) is 0 Å². The smallest absolute Gasteiger partial charge is 0.220 e. The van der Waals surface area contributed by atoms with E-state index in [1.54, 1.807) is 14.2 Å². The third kappa shape index (κ3) is 8.25. The first-order valence-electron chi connectivity index (χ1n) is 8.99. The Morgan fingerprint density at radius 1 is 1.27 bits per heavy atom. The lowest BCUT2D eigenvalue weighted by atomic mass is 10.1. The molecule has 1 amide bonds. The molecule has 0 bridgehead atoms. The summed E-state index contributed by atoms with van der Waals surface area (Å²) in [5, 5.41) is 9.54. The molecule has 2 rings (SSSR count). The van der Waals surface area contributed by atoms with Crippen LogP contribution < -0.4 is 20.7 Å². The number of carbonyl (C=O) groups is 1. The molecule has 1 aliphatic rings. The van der Waals surface area contributed by atoms with Crippen molar-refractivity contribution in [1.82, 2.24) is 16.0 Å². The molecule has 6 nitrogen and oxygen atoms in total. The minimum atomic E-state index is 0. The molecule has 0 atom stereocenters. The molecule has 1 fully saturated rings. The molecule has 0 heterocycles. The van der Waals surface area contributed by atoms with Gasteiger partial charge in [0.1, 0.15) is 5.75 Å². The molecule has 146 valence electrons. The maximum Gasteiger partial charge on any atom is 0.220 e. The van der Waals surface area contributed by atoms with E-state index in [0.717, 1.165) is 56.0 Å². The first-order valence-corrected chi connectivity index (χ1v) is 8.99. The first-order chi connectivity index (χ1) is 12.1. The van der Waals surface area contributed by atoms with Gasteiger partial charge in [-0.25, -0.2) is 0 Å². The molecule has 7 heteroatoms. The van der Waals surface area contributed by atoms with Gasteiger partial charge in [0.15, 0.2) is 5.96 Å². The van der Waals surface area contributed by atoms with Crippen LogP contribution in [0.1, 0.15) is 36.8 Å². The van der Waals surface area contributed by atoms with Crippen LogP contribution in [-0.4, -0.2) is 45.2 Å². The Bertz CT molecular complexity index is 603. The second-order valence-corrected chi connectivity index (χ2v) is 6.43. The fraction of sp³-hybridized carbons (Fsp3) is 0.579. The number of carbonyl (C=O) groups excluding carboxylic acids is 1. The van der Waals surface area contributed by atoms with Crippen LogP contribution in [0.2, 0.25) is 0 Å². The van der Waals surface area contributed by atoms with Crippen LogP contribution in [0.4, 0.5) is 0 Å². The summed E-state index contributed by atoms with van der Waals surface area (Å²) < 4.78 is 5.36. The number of aliphatic imine (C=N–C) groups is 1. The Hall–Kier alpha value is -1.51. The summed E-state index contributed by atoms with van der Waals surface area (Å²) in [6.45, 7) is 3.56. The van der Waals surface area contributed by atoms with E-state index < -0.39 is 0 Å². The average Bonchev–Trinajstić information content (AvgIpc) is 3.42. The van der Waals surface area contributed by atoms with Gasteiger partial charge >= 0.3 is 0 Å². The molecule has 0 spiro atoms. The number of aryl methyl sites for hydroxylation is 1. The number of amides is 1. The number of benzene rings is 1. The van der Waals surface area contributed by atoms with Crippen LogP contribution in [0.5, 0.6) is 5.75 Å². The van der Waals surface area contributed by atoms with Crippen molar-refractivity contribution in [2.75, 3.05) is 27.2 Å². The number of halogens is 1. The van der Waals surface area contributed by atoms with Crippen molar-refractivity contribution < 1.29 is 9.53 Å². The molecule has 1 saturated carbocycles. The van der Waals surface area contributed by atoms with Crippen LogP contribution in [-0.2, 0) is 11.2 Å². The van der Waals surface area contributed by atoms with E-state index in [1.807, 2.05) is 6.92 Å². The van der Waals surface area contributed by atoms with E-state index in [2.05, 4.69) is 39.1 Å². The number of methoxy groups -OCH3 is 1. The second kappa shape index (κ2) is 12.0. The Balaban J connectivity index is 0.00000338. The Kier molecular flexibility index (Phi) is 10.4. The van der Waals surface area contributed by atoms with Gasteiger partial charge in [-0.2, -0.15) is 0 Å². The standard InChI is InChI=1S/C19H30N4O2.HI/c1-14-6-7-15(13-17(14)25-3)10-12-22-19(20-2)21-11-4-5-18(24)23-16-8-9-16;/h6-7,13,16H,4-5,8-12H2,1-3H3,(H,23,24)(H2,20,21,22);1H. The van der Waals surface area contributed by atoms with Crippen molar-refractivity contribution >= 4 is 35.8 Å². The quantitative estimate of drug-likeness (QED) is 0.223. The van der Waals surface area contributed by atoms with Crippen molar-refractivity contribution in [2.24, 2.45) is 4.99 Å². The van der Waals surface area contributed by atoms with Crippen LogP contribution >= 0.6 is 24.0 Å². The summed E-state index contributed by atoms with van der Waals surface area (Å²) in [6.07, 6.45) is 4.51. The van der Waals surface area contributed by atoms with Gasteiger partial charge in [0.2, 0.25) is 5.91 Å². The topological polar surface area (TPSA) is 74.8 Å². The molecule has 3 N–H and O–H groups in total. The van der Waals surface area contributed by atoms with Crippen molar-refractivity contribution in [1.29, 1.82) is 0 Å². The monoisotopic (exact) mass is 474 g/mol. The summed E-state index contributed by atoms with van der Waals surface area (Å²) >= 11 is 0.